The first-order chi connectivity index (χ1) is 30.6. The smallest absolute Gasteiger partial charge is 0.427 e. The van der Waals surface area contributed by atoms with Gasteiger partial charge in [0, 0.05) is 23.5 Å². The van der Waals surface area contributed by atoms with E-state index in [1.807, 2.05) is 0 Å². The molecule has 0 aliphatic carbocycles. The van der Waals surface area contributed by atoms with Gasteiger partial charge in [0.15, 0.2) is 26.4 Å². The molecule has 0 aliphatic rings. The van der Waals surface area contributed by atoms with Gasteiger partial charge in [-0.2, -0.15) is 105 Å². The summed E-state index contributed by atoms with van der Waals surface area (Å²) in [5, 5.41) is 0. The Bertz CT molecular complexity index is 1500. The van der Waals surface area contributed by atoms with Crippen LogP contribution in [0.4, 0.5) is 105 Å². The molecule has 408 valence electrons. The Labute approximate surface area is 386 Å². The molecule has 0 N–H and O–H groups in total. The number of alkyl halides is 28. The van der Waals surface area contributed by atoms with Gasteiger partial charge in [-0.15, -0.1) is 46.4 Å². The maximum absolute atomic E-state index is 16.0. The summed E-state index contributed by atoms with van der Waals surface area (Å²) in [7, 11) is 0. The lowest BCUT2D eigenvalue weighted by Crippen LogP contribution is -2.78. The summed E-state index contributed by atoms with van der Waals surface area (Å²) >= 11 is 19.9. The standard InChI is InChI=1S/C29H24Cl4F24O12/c30-5-1-13(58)62-9-17(34,35)22(42,43)66-26(50,51)21(27(52,53)67-23(44,45)18(36,37)10-63-14(59)2-6-31,28(54,55)68-24(46,47)19(38,39)11-64-15(60)3-7-32)29(56,57)69-25(48,49)20(40,41)12-65-16(61)4-8-33/h1-12H2. The number of hydrogen-bond donors (Lipinski definition) is 0. The van der Waals surface area contributed by atoms with Crippen LogP contribution >= 0.6 is 46.4 Å². The van der Waals surface area contributed by atoms with Crippen LogP contribution in [0.25, 0.3) is 0 Å². The highest BCUT2D eigenvalue weighted by Crippen LogP contribution is 2.70. The van der Waals surface area contributed by atoms with E-state index in [0.717, 1.165) is 0 Å². The first-order valence-electron chi connectivity index (χ1n) is 16.9. The molecule has 0 fully saturated rings. The molecule has 0 saturated heterocycles. The molecule has 0 atom stereocenters. The van der Waals surface area contributed by atoms with Gasteiger partial charge in [-0.1, -0.05) is 0 Å². The second-order valence-electron chi connectivity index (χ2n) is 12.5. The van der Waals surface area contributed by atoms with E-state index in [9.17, 15) is 89.4 Å². The monoisotopic (exact) mass is 1160 g/mol. The van der Waals surface area contributed by atoms with Gasteiger partial charge in [-0.25, -0.2) is 18.9 Å². The summed E-state index contributed by atoms with van der Waals surface area (Å²) in [5.74, 6) is -41.6. The van der Waals surface area contributed by atoms with Gasteiger partial charge in [0.2, 0.25) is 0 Å². The van der Waals surface area contributed by atoms with Gasteiger partial charge in [-0.05, 0) is 0 Å². The predicted molar refractivity (Wildman–Crippen MR) is 171 cm³/mol. The normalized spacial score (nSPS) is 14.7. The minimum Gasteiger partial charge on any atom is -0.459 e. The highest BCUT2D eigenvalue weighted by molar-refractivity contribution is 6.19. The van der Waals surface area contributed by atoms with Crippen molar-refractivity contribution in [3.05, 3.63) is 0 Å². The second-order valence-corrected chi connectivity index (χ2v) is 14.0. The summed E-state index contributed by atoms with van der Waals surface area (Å²) in [6.45, 7) is -14.5. The Morgan fingerprint density at radius 2 is 0.420 bits per heavy atom. The van der Waals surface area contributed by atoms with E-state index in [0.29, 0.717) is 0 Å². The van der Waals surface area contributed by atoms with Crippen molar-refractivity contribution in [2.75, 3.05) is 49.9 Å². The van der Waals surface area contributed by atoms with E-state index in [-0.39, 0.29) is 0 Å². The molecule has 69 heavy (non-hydrogen) atoms. The molecule has 0 unspecified atom stereocenters. The van der Waals surface area contributed by atoms with Gasteiger partial charge >= 0.3 is 102 Å². The molecule has 0 radical (unpaired) electrons. The van der Waals surface area contributed by atoms with Crippen molar-refractivity contribution in [2.24, 2.45) is 5.41 Å². The van der Waals surface area contributed by atoms with Gasteiger partial charge in [0.1, 0.15) is 0 Å². The summed E-state index contributed by atoms with van der Waals surface area (Å²) < 4.78 is 383. The zero-order chi connectivity index (χ0) is 55.0. The third kappa shape index (κ3) is 15.6. The molecule has 0 aliphatic heterocycles. The van der Waals surface area contributed by atoms with Crippen LogP contribution in [0, 0.1) is 5.41 Å². The fourth-order valence-electron chi connectivity index (χ4n) is 3.88. The van der Waals surface area contributed by atoms with Crippen molar-refractivity contribution in [1.29, 1.82) is 0 Å². The zero-order valence-corrected chi connectivity index (χ0v) is 35.5. The summed E-state index contributed by atoms with van der Waals surface area (Å²) in [6, 6.07) is 0. The molecule has 0 bridgehead atoms. The maximum atomic E-state index is 16.0. The van der Waals surface area contributed by atoms with Crippen molar-refractivity contribution in [3.8, 4) is 0 Å². The van der Waals surface area contributed by atoms with E-state index >= 15 is 35.1 Å². The van der Waals surface area contributed by atoms with E-state index in [4.69, 9.17) is 46.4 Å². The lowest BCUT2D eigenvalue weighted by Gasteiger charge is -2.51. The summed E-state index contributed by atoms with van der Waals surface area (Å²) in [4.78, 5) is 45.3. The van der Waals surface area contributed by atoms with Crippen LogP contribution in [0.5, 0.6) is 0 Å². The molecule has 40 heteroatoms. The van der Waals surface area contributed by atoms with Crippen LogP contribution < -0.4 is 0 Å². The Morgan fingerprint density at radius 1 is 0.275 bits per heavy atom. The van der Waals surface area contributed by atoms with Crippen LogP contribution in [0.15, 0.2) is 0 Å². The van der Waals surface area contributed by atoms with Crippen molar-refractivity contribution < 1.29 is 162 Å². The SMILES string of the molecule is O=C(CCCl)OCC(F)(F)C(F)(F)OC(F)(F)C(C(F)(F)OC(F)(F)C(F)(F)COC(=O)CCCl)(C(F)(F)OC(F)(F)C(F)(F)COC(=O)CCCl)C(F)(F)OC(F)(F)C(F)(F)COC(=O)CCCl. The van der Waals surface area contributed by atoms with Gasteiger partial charge in [0.25, 0.3) is 0 Å². The van der Waals surface area contributed by atoms with Crippen molar-refractivity contribution in [1.82, 2.24) is 0 Å². The van der Waals surface area contributed by atoms with Crippen molar-refractivity contribution in [2.45, 2.75) is 98.2 Å². The third-order valence-electron chi connectivity index (χ3n) is 7.33. The Morgan fingerprint density at radius 3 is 0.551 bits per heavy atom. The number of hydrogen-bond acceptors (Lipinski definition) is 12. The predicted octanol–water partition coefficient (Wildman–Crippen LogP) is 10.0. The summed E-state index contributed by atoms with van der Waals surface area (Å²) in [6.07, 6.45) is -76.3. The van der Waals surface area contributed by atoms with Crippen molar-refractivity contribution in [3.63, 3.8) is 0 Å². The second kappa shape index (κ2) is 23.4. The van der Waals surface area contributed by atoms with Gasteiger partial charge < -0.3 is 18.9 Å². The number of carbonyl (C=O) groups excluding carboxylic acids is 4. The first-order valence-corrected chi connectivity index (χ1v) is 19.0. The minimum atomic E-state index is -10.0. The highest BCUT2D eigenvalue weighted by atomic mass is 35.5. The Kier molecular flexibility index (Phi) is 22.4. The fraction of sp³-hybridized carbons (Fsp3) is 0.862. The minimum absolute atomic E-state index is 1.02. The van der Waals surface area contributed by atoms with Gasteiger partial charge in [0.05, 0.1) is 25.7 Å². The van der Waals surface area contributed by atoms with E-state index < -0.39 is 177 Å². The third-order valence-corrected chi connectivity index (χ3v) is 8.08. The number of carbonyl (C=O) groups is 4. The number of halogens is 28. The topological polar surface area (TPSA) is 142 Å². The largest absolute Gasteiger partial charge is 0.459 e. The summed E-state index contributed by atoms with van der Waals surface area (Å²) in [5.41, 5.74) is -10.0. The van der Waals surface area contributed by atoms with Crippen molar-refractivity contribution >= 4 is 70.3 Å². The first kappa shape index (κ1) is 66.2. The quantitative estimate of drug-likeness (QED) is 0.0274. The van der Waals surface area contributed by atoms with E-state index in [1.165, 1.54) is 0 Å². The Balaban J connectivity index is 8.96. The zero-order valence-electron chi connectivity index (χ0n) is 32.5. The molecule has 0 saturated carbocycles. The lowest BCUT2D eigenvalue weighted by molar-refractivity contribution is -0.624. The molecule has 0 spiro atoms. The maximum Gasteiger partial charge on any atom is 0.427 e. The molecular weight excluding hydrogens is 1140 g/mol. The van der Waals surface area contributed by atoms with Crippen LogP contribution in [0.1, 0.15) is 25.7 Å². The van der Waals surface area contributed by atoms with Crippen LogP contribution in [0.3, 0.4) is 0 Å². The number of rotatable bonds is 32. The van der Waals surface area contributed by atoms with E-state index in [2.05, 4.69) is 18.9 Å². The lowest BCUT2D eigenvalue weighted by atomic mass is 9.80. The molecule has 0 aromatic carbocycles. The molecule has 0 rings (SSSR count). The van der Waals surface area contributed by atoms with Crippen LogP contribution in [-0.4, -0.2) is 146 Å². The number of esters is 4. The molecular formula is C29H24Cl4F24O12. The van der Waals surface area contributed by atoms with E-state index in [1.54, 1.807) is 18.9 Å². The molecule has 0 aromatic heterocycles. The fourth-order valence-corrected chi connectivity index (χ4v) is 4.50. The average molecular weight is 1160 g/mol. The molecule has 0 amide bonds. The molecule has 12 nitrogen and oxygen atoms in total. The molecule has 0 aromatic rings. The Hall–Kier alpha value is -2.80. The molecule has 0 heterocycles. The van der Waals surface area contributed by atoms with Crippen LogP contribution in [-0.2, 0) is 57.1 Å². The van der Waals surface area contributed by atoms with Gasteiger partial charge in [-0.3, -0.25) is 19.2 Å². The van der Waals surface area contributed by atoms with Crippen LogP contribution in [0.2, 0.25) is 0 Å². The number of ether oxygens (including phenoxy) is 8. The average Bonchev–Trinajstić information content (AvgIpc) is 3.12. The highest BCUT2D eigenvalue weighted by Gasteiger charge is 2.98.